The Kier molecular flexibility index (Phi) is 6.72. The molecular weight excluding hydrogens is 567 g/mol. The zero-order valence-corrected chi connectivity index (χ0v) is 20.7. The molecule has 0 spiro atoms. The lowest BCUT2D eigenvalue weighted by molar-refractivity contribution is 0.0833. The largest absolute Gasteiger partial charge is 0.508 e. The summed E-state index contributed by atoms with van der Waals surface area (Å²) < 4.78 is 10.2. The van der Waals surface area contributed by atoms with Gasteiger partial charge in [0.05, 0.1) is 0 Å². The molecule has 0 aliphatic rings. The fraction of sp³-hybridized carbons (Fsp3) is 0.0769. The Morgan fingerprint density at radius 3 is 1.50 bits per heavy atom. The SMILES string of the molecule is O=C(c1ccc(O)cc1)C(Br)(c1cccnc1)C(Br)(C(=O)c1ccc(F)cc1)c1cccnc1. The second-order valence-electron chi connectivity index (χ2n) is 7.51. The molecule has 1 N–H and O–H groups in total. The lowest BCUT2D eigenvalue weighted by atomic mass is 9.74. The number of nitrogens with zero attached hydrogens (tertiary/aromatic N) is 2. The highest BCUT2D eigenvalue weighted by atomic mass is 79.9. The van der Waals surface area contributed by atoms with Gasteiger partial charge < -0.3 is 5.11 Å². The monoisotopic (exact) mass is 582 g/mol. The van der Waals surface area contributed by atoms with Gasteiger partial charge in [0.1, 0.15) is 20.2 Å². The van der Waals surface area contributed by atoms with Crippen molar-refractivity contribution < 1.29 is 19.1 Å². The third-order valence-electron chi connectivity index (χ3n) is 5.46. The number of hydrogen-bond donors (Lipinski definition) is 1. The number of ketones is 2. The number of aromatic hydroxyl groups is 1. The smallest absolute Gasteiger partial charge is 0.186 e. The standard InChI is InChI=1S/C26H17Br2FN2O3/c27-25(19-3-1-13-30-15-19,23(33)17-5-9-21(29)10-6-17)26(28,20-4-2-14-31-16-20)24(34)18-7-11-22(32)12-8-18/h1-16,32H. The summed E-state index contributed by atoms with van der Waals surface area (Å²) in [5.41, 5.74) is 1.24. The maximum atomic E-state index is 14.2. The normalized spacial score (nSPS) is 14.6. The van der Waals surface area contributed by atoms with Gasteiger partial charge in [-0.05, 0) is 71.8 Å². The average molecular weight is 584 g/mol. The van der Waals surface area contributed by atoms with E-state index in [-0.39, 0.29) is 16.9 Å². The number of carbonyl (C=O) groups is 2. The highest BCUT2D eigenvalue weighted by Crippen LogP contribution is 2.56. The highest BCUT2D eigenvalue weighted by Gasteiger charge is 2.60. The molecule has 2 heterocycles. The summed E-state index contributed by atoms with van der Waals surface area (Å²) in [6.07, 6.45) is 6.11. The van der Waals surface area contributed by atoms with Crippen LogP contribution in [0.2, 0.25) is 0 Å². The van der Waals surface area contributed by atoms with Gasteiger partial charge in [-0.2, -0.15) is 0 Å². The maximum Gasteiger partial charge on any atom is 0.186 e. The number of benzene rings is 2. The minimum Gasteiger partial charge on any atom is -0.508 e. The molecule has 34 heavy (non-hydrogen) atoms. The predicted octanol–water partition coefficient (Wildman–Crippen LogP) is 5.97. The molecule has 0 bridgehead atoms. The zero-order valence-electron chi connectivity index (χ0n) is 17.5. The van der Waals surface area contributed by atoms with E-state index in [1.807, 2.05) is 0 Å². The third kappa shape index (κ3) is 4.08. The number of carbonyl (C=O) groups excluding carboxylic acids is 2. The van der Waals surface area contributed by atoms with Crippen LogP contribution < -0.4 is 0 Å². The first-order valence-corrected chi connectivity index (χ1v) is 11.7. The maximum absolute atomic E-state index is 14.2. The Hall–Kier alpha value is -3.23. The molecule has 2 atom stereocenters. The molecule has 0 aliphatic carbocycles. The van der Waals surface area contributed by atoms with E-state index in [9.17, 15) is 19.1 Å². The molecule has 0 aliphatic heterocycles. The molecule has 4 aromatic rings. The first kappa shape index (κ1) is 23.9. The number of rotatable bonds is 7. The van der Waals surface area contributed by atoms with E-state index in [1.165, 1.54) is 60.9 Å². The Labute approximate surface area is 212 Å². The minimum absolute atomic E-state index is 0.00199. The second kappa shape index (κ2) is 9.56. The number of hydrogen-bond acceptors (Lipinski definition) is 5. The van der Waals surface area contributed by atoms with E-state index in [0.29, 0.717) is 11.1 Å². The molecule has 0 amide bonds. The minimum atomic E-state index is -1.72. The first-order chi connectivity index (χ1) is 16.3. The van der Waals surface area contributed by atoms with E-state index in [1.54, 1.807) is 36.7 Å². The lowest BCUT2D eigenvalue weighted by Gasteiger charge is -2.41. The van der Waals surface area contributed by atoms with E-state index in [4.69, 9.17) is 0 Å². The van der Waals surface area contributed by atoms with Crippen LogP contribution >= 0.6 is 31.9 Å². The van der Waals surface area contributed by atoms with E-state index < -0.39 is 26.0 Å². The number of Topliss-reactive ketones (excluding diaryl/α,β-unsaturated/α-hetero) is 2. The Balaban J connectivity index is 2.03. The number of alkyl halides is 2. The van der Waals surface area contributed by atoms with Crippen LogP contribution in [-0.2, 0) is 8.65 Å². The zero-order chi connectivity index (χ0) is 24.3. The van der Waals surface area contributed by atoms with Gasteiger partial charge in [0.15, 0.2) is 11.6 Å². The van der Waals surface area contributed by atoms with Gasteiger partial charge >= 0.3 is 0 Å². The molecule has 0 saturated carbocycles. The number of aromatic nitrogens is 2. The summed E-state index contributed by atoms with van der Waals surface area (Å²) in [5.74, 6) is -1.45. The molecule has 2 aromatic heterocycles. The molecule has 8 heteroatoms. The van der Waals surface area contributed by atoms with Crippen molar-refractivity contribution in [1.82, 2.24) is 9.97 Å². The van der Waals surface area contributed by atoms with Gasteiger partial charge in [-0.3, -0.25) is 19.6 Å². The Bertz CT molecular complexity index is 1220. The van der Waals surface area contributed by atoms with E-state index in [2.05, 4.69) is 41.8 Å². The van der Waals surface area contributed by atoms with Crippen LogP contribution in [0.1, 0.15) is 31.8 Å². The van der Waals surface area contributed by atoms with Gasteiger partial charge in [0.2, 0.25) is 0 Å². The van der Waals surface area contributed by atoms with Crippen LogP contribution in [0.3, 0.4) is 0 Å². The van der Waals surface area contributed by atoms with E-state index in [0.717, 1.165) is 0 Å². The van der Waals surface area contributed by atoms with Crippen molar-refractivity contribution in [1.29, 1.82) is 0 Å². The number of halogens is 3. The second-order valence-corrected chi connectivity index (χ2v) is 9.89. The number of phenolic OH excluding ortho intramolecular Hbond substituents is 1. The summed E-state index contributed by atoms with van der Waals surface area (Å²) in [5, 5.41) is 9.72. The Morgan fingerprint density at radius 1 is 0.706 bits per heavy atom. The van der Waals surface area contributed by atoms with Crippen molar-refractivity contribution in [2.75, 3.05) is 0 Å². The molecular formula is C26H17Br2FN2O3. The third-order valence-corrected chi connectivity index (χ3v) is 8.81. The molecule has 0 fully saturated rings. The van der Waals surface area contributed by atoms with Crippen molar-refractivity contribution in [2.24, 2.45) is 0 Å². The molecule has 5 nitrogen and oxygen atoms in total. The van der Waals surface area contributed by atoms with Crippen LogP contribution in [0.25, 0.3) is 0 Å². The fourth-order valence-electron chi connectivity index (χ4n) is 3.72. The highest BCUT2D eigenvalue weighted by molar-refractivity contribution is 9.12. The number of phenols is 1. The van der Waals surface area contributed by atoms with Crippen LogP contribution in [0.4, 0.5) is 4.39 Å². The molecule has 2 aromatic carbocycles. The summed E-state index contributed by atoms with van der Waals surface area (Å²) in [4.78, 5) is 36.7. The van der Waals surface area contributed by atoms with Gasteiger partial charge in [-0.1, -0.05) is 44.0 Å². The fourth-order valence-corrected chi connectivity index (χ4v) is 5.46. The predicted molar refractivity (Wildman–Crippen MR) is 133 cm³/mol. The van der Waals surface area contributed by atoms with Crippen molar-refractivity contribution in [3.8, 4) is 5.75 Å². The molecule has 2 unspecified atom stereocenters. The van der Waals surface area contributed by atoms with E-state index >= 15 is 0 Å². The molecule has 0 saturated heterocycles. The molecule has 4 rings (SSSR count). The van der Waals surface area contributed by atoms with Gasteiger partial charge in [-0.25, -0.2) is 4.39 Å². The quantitative estimate of drug-likeness (QED) is 0.214. The van der Waals surface area contributed by atoms with Crippen LogP contribution in [-0.4, -0.2) is 26.6 Å². The van der Waals surface area contributed by atoms with Crippen molar-refractivity contribution >= 4 is 43.4 Å². The summed E-state index contributed by atoms with van der Waals surface area (Å²) >= 11 is 7.32. The Morgan fingerprint density at radius 2 is 1.12 bits per heavy atom. The van der Waals surface area contributed by atoms with Gasteiger partial charge in [0.25, 0.3) is 0 Å². The first-order valence-electron chi connectivity index (χ1n) is 10.1. The topological polar surface area (TPSA) is 80.1 Å². The van der Waals surface area contributed by atoms with Gasteiger partial charge in [-0.15, -0.1) is 0 Å². The van der Waals surface area contributed by atoms with Crippen LogP contribution in [0.15, 0.2) is 97.6 Å². The van der Waals surface area contributed by atoms with Gasteiger partial charge in [0, 0.05) is 35.9 Å². The molecule has 0 radical (unpaired) electrons. The number of pyridine rings is 2. The average Bonchev–Trinajstić information content (AvgIpc) is 2.88. The van der Waals surface area contributed by atoms with Crippen molar-refractivity contribution in [2.45, 2.75) is 8.65 Å². The van der Waals surface area contributed by atoms with Crippen molar-refractivity contribution in [3.05, 3.63) is 126 Å². The molecule has 170 valence electrons. The van der Waals surface area contributed by atoms with Crippen LogP contribution in [0, 0.1) is 5.82 Å². The van der Waals surface area contributed by atoms with Crippen LogP contribution in [0.5, 0.6) is 5.75 Å². The van der Waals surface area contributed by atoms with Crippen molar-refractivity contribution in [3.63, 3.8) is 0 Å². The lowest BCUT2D eigenvalue weighted by Crippen LogP contribution is -2.51. The summed E-state index contributed by atoms with van der Waals surface area (Å²) in [6, 6.07) is 17.5. The summed E-state index contributed by atoms with van der Waals surface area (Å²) in [6.45, 7) is 0. The summed E-state index contributed by atoms with van der Waals surface area (Å²) in [7, 11) is 0.